The third-order valence-electron chi connectivity index (χ3n) is 2.34. The number of aldehydes is 1. The number of benzene rings is 1. The standard InChI is InChI=1S/C11H10FNO3/c1-6(2)13-10-8(12)3-7(5-14)4-9(10)16-11(13)15/h3-6H,1-2H3. The second kappa shape index (κ2) is 3.59. The van der Waals surface area contributed by atoms with Gasteiger partial charge in [-0.3, -0.25) is 9.36 Å². The van der Waals surface area contributed by atoms with Crippen molar-refractivity contribution in [3.63, 3.8) is 0 Å². The van der Waals surface area contributed by atoms with E-state index in [4.69, 9.17) is 4.42 Å². The Hall–Kier alpha value is -1.91. The summed E-state index contributed by atoms with van der Waals surface area (Å²) in [7, 11) is 0. The molecule has 0 amide bonds. The summed E-state index contributed by atoms with van der Waals surface area (Å²) >= 11 is 0. The van der Waals surface area contributed by atoms with Gasteiger partial charge in [0.05, 0.1) is 0 Å². The zero-order valence-electron chi connectivity index (χ0n) is 8.86. The largest absolute Gasteiger partial charge is 0.420 e. The van der Waals surface area contributed by atoms with Crippen molar-refractivity contribution in [3.05, 3.63) is 34.1 Å². The van der Waals surface area contributed by atoms with Crippen LogP contribution in [0.4, 0.5) is 4.39 Å². The highest BCUT2D eigenvalue weighted by Gasteiger charge is 2.16. The van der Waals surface area contributed by atoms with Gasteiger partial charge in [0, 0.05) is 11.6 Å². The van der Waals surface area contributed by atoms with Gasteiger partial charge in [0.2, 0.25) is 0 Å². The molecule has 1 aromatic carbocycles. The molecule has 0 bridgehead atoms. The third-order valence-corrected chi connectivity index (χ3v) is 2.34. The molecule has 0 fully saturated rings. The molecule has 5 heteroatoms. The van der Waals surface area contributed by atoms with Crippen molar-refractivity contribution in [1.29, 1.82) is 0 Å². The average Bonchev–Trinajstić information content (AvgIpc) is 2.54. The summed E-state index contributed by atoms with van der Waals surface area (Å²) in [5, 5.41) is 0. The van der Waals surface area contributed by atoms with E-state index in [1.165, 1.54) is 10.6 Å². The Bertz CT molecular complexity index is 609. The van der Waals surface area contributed by atoms with E-state index in [0.29, 0.717) is 6.29 Å². The van der Waals surface area contributed by atoms with Gasteiger partial charge in [0.15, 0.2) is 11.4 Å². The van der Waals surface area contributed by atoms with Crippen LogP contribution in [0.1, 0.15) is 30.2 Å². The van der Waals surface area contributed by atoms with Crippen LogP contribution in [0.5, 0.6) is 0 Å². The zero-order valence-corrected chi connectivity index (χ0v) is 8.86. The van der Waals surface area contributed by atoms with Crippen molar-refractivity contribution < 1.29 is 13.6 Å². The number of nitrogens with zero attached hydrogens (tertiary/aromatic N) is 1. The third kappa shape index (κ3) is 1.44. The van der Waals surface area contributed by atoms with Gasteiger partial charge in [0.25, 0.3) is 0 Å². The van der Waals surface area contributed by atoms with Crippen LogP contribution in [-0.4, -0.2) is 10.9 Å². The minimum atomic E-state index is -0.626. The first-order valence-corrected chi connectivity index (χ1v) is 4.84. The molecule has 0 aliphatic carbocycles. The lowest BCUT2D eigenvalue weighted by Gasteiger charge is -2.05. The smallest absolute Gasteiger partial charge is 0.408 e. The van der Waals surface area contributed by atoms with Crippen LogP contribution in [0, 0.1) is 5.82 Å². The minimum absolute atomic E-state index is 0.0980. The maximum absolute atomic E-state index is 13.7. The Labute approximate surface area is 90.3 Å². The van der Waals surface area contributed by atoms with E-state index >= 15 is 0 Å². The summed E-state index contributed by atoms with van der Waals surface area (Å²) in [5.41, 5.74) is 0.348. The highest BCUT2D eigenvalue weighted by atomic mass is 19.1. The molecule has 0 saturated heterocycles. The van der Waals surface area contributed by atoms with E-state index < -0.39 is 11.6 Å². The summed E-state index contributed by atoms with van der Waals surface area (Å²) in [6, 6.07) is 2.24. The molecule has 0 unspecified atom stereocenters. The van der Waals surface area contributed by atoms with E-state index in [1.54, 1.807) is 13.8 Å². The molecule has 2 aromatic rings. The first-order valence-electron chi connectivity index (χ1n) is 4.84. The Morgan fingerprint density at radius 2 is 2.12 bits per heavy atom. The lowest BCUT2D eigenvalue weighted by molar-refractivity contribution is 0.112. The summed E-state index contributed by atoms with van der Waals surface area (Å²) < 4.78 is 19.8. The highest BCUT2D eigenvalue weighted by Crippen LogP contribution is 2.21. The zero-order chi connectivity index (χ0) is 11.9. The number of hydrogen-bond donors (Lipinski definition) is 0. The van der Waals surface area contributed by atoms with Crippen molar-refractivity contribution in [2.45, 2.75) is 19.9 Å². The monoisotopic (exact) mass is 223 g/mol. The average molecular weight is 223 g/mol. The first-order chi connectivity index (χ1) is 7.54. The van der Waals surface area contributed by atoms with E-state index in [2.05, 4.69) is 0 Å². The molecule has 0 N–H and O–H groups in total. The number of aromatic nitrogens is 1. The summed E-state index contributed by atoms with van der Waals surface area (Å²) in [6.45, 7) is 3.51. The lowest BCUT2D eigenvalue weighted by atomic mass is 10.2. The SMILES string of the molecule is CC(C)n1c(=O)oc2cc(C=O)cc(F)c21. The quantitative estimate of drug-likeness (QED) is 0.733. The maximum atomic E-state index is 13.7. The van der Waals surface area contributed by atoms with Crippen molar-refractivity contribution >= 4 is 17.4 Å². The topological polar surface area (TPSA) is 52.2 Å². The van der Waals surface area contributed by atoms with Gasteiger partial charge in [-0.05, 0) is 26.0 Å². The molecule has 2 rings (SSSR count). The maximum Gasteiger partial charge on any atom is 0.420 e. The Balaban J connectivity index is 2.90. The molecule has 1 aromatic heterocycles. The molecule has 0 aliphatic rings. The molecule has 4 nitrogen and oxygen atoms in total. The number of carbonyl (C=O) groups is 1. The predicted molar refractivity (Wildman–Crippen MR) is 56.2 cm³/mol. The van der Waals surface area contributed by atoms with Gasteiger partial charge < -0.3 is 4.42 Å². The number of oxazole rings is 1. The van der Waals surface area contributed by atoms with E-state index in [-0.39, 0.29) is 22.7 Å². The van der Waals surface area contributed by atoms with Gasteiger partial charge in [-0.15, -0.1) is 0 Å². The van der Waals surface area contributed by atoms with E-state index in [0.717, 1.165) is 6.07 Å². The van der Waals surface area contributed by atoms with E-state index in [9.17, 15) is 14.0 Å². The van der Waals surface area contributed by atoms with Crippen LogP contribution in [0.3, 0.4) is 0 Å². The van der Waals surface area contributed by atoms with Gasteiger partial charge in [-0.1, -0.05) is 0 Å². The number of rotatable bonds is 2. The minimum Gasteiger partial charge on any atom is -0.408 e. The fourth-order valence-electron chi connectivity index (χ4n) is 1.68. The summed E-state index contributed by atoms with van der Waals surface area (Å²) in [4.78, 5) is 22.0. The Kier molecular flexibility index (Phi) is 2.38. The Morgan fingerprint density at radius 1 is 1.44 bits per heavy atom. The number of carbonyl (C=O) groups excluding carboxylic acids is 1. The lowest BCUT2D eigenvalue weighted by Crippen LogP contribution is -2.16. The van der Waals surface area contributed by atoms with E-state index in [1.807, 2.05) is 0 Å². The number of fused-ring (bicyclic) bond motifs is 1. The van der Waals surface area contributed by atoms with Crippen molar-refractivity contribution in [1.82, 2.24) is 4.57 Å². The number of hydrogen-bond acceptors (Lipinski definition) is 3. The molecular weight excluding hydrogens is 213 g/mol. The molecule has 0 atom stereocenters. The normalized spacial score (nSPS) is 11.2. The fourth-order valence-corrected chi connectivity index (χ4v) is 1.68. The van der Waals surface area contributed by atoms with Crippen LogP contribution in [0.25, 0.3) is 11.1 Å². The first kappa shape index (κ1) is 10.6. The van der Waals surface area contributed by atoms with Crippen molar-refractivity contribution in [3.8, 4) is 0 Å². The summed E-state index contributed by atoms with van der Waals surface area (Å²) in [6.07, 6.45) is 0.509. The molecule has 16 heavy (non-hydrogen) atoms. The molecule has 0 saturated carbocycles. The molecule has 84 valence electrons. The second-order valence-corrected chi connectivity index (χ2v) is 3.80. The number of halogens is 1. The molecule has 0 spiro atoms. The van der Waals surface area contributed by atoms with Gasteiger partial charge >= 0.3 is 5.76 Å². The van der Waals surface area contributed by atoms with Gasteiger partial charge in [-0.2, -0.15) is 0 Å². The van der Waals surface area contributed by atoms with Crippen LogP contribution in [0.2, 0.25) is 0 Å². The molecular formula is C11H10FNO3. The molecule has 1 heterocycles. The predicted octanol–water partition coefficient (Wildman–Crippen LogP) is 2.13. The summed E-state index contributed by atoms with van der Waals surface area (Å²) in [5.74, 6) is -1.24. The van der Waals surface area contributed by atoms with Crippen LogP contribution >= 0.6 is 0 Å². The molecule has 0 radical (unpaired) electrons. The van der Waals surface area contributed by atoms with Crippen molar-refractivity contribution in [2.24, 2.45) is 0 Å². The van der Waals surface area contributed by atoms with Crippen LogP contribution < -0.4 is 5.76 Å². The highest BCUT2D eigenvalue weighted by molar-refractivity contribution is 5.84. The van der Waals surface area contributed by atoms with Gasteiger partial charge in [0.1, 0.15) is 11.8 Å². The molecule has 0 aliphatic heterocycles. The van der Waals surface area contributed by atoms with Gasteiger partial charge in [-0.25, -0.2) is 9.18 Å². The van der Waals surface area contributed by atoms with Crippen molar-refractivity contribution in [2.75, 3.05) is 0 Å². The fraction of sp³-hybridized carbons (Fsp3) is 0.273. The van der Waals surface area contributed by atoms with Crippen LogP contribution in [0.15, 0.2) is 21.3 Å². The second-order valence-electron chi connectivity index (χ2n) is 3.80. The Morgan fingerprint density at radius 3 is 2.69 bits per heavy atom. The van der Waals surface area contributed by atoms with Crippen LogP contribution in [-0.2, 0) is 0 Å².